The van der Waals surface area contributed by atoms with Crippen molar-refractivity contribution in [2.45, 2.75) is 33.1 Å². The molecule has 1 aliphatic heterocycles. The van der Waals surface area contributed by atoms with Gasteiger partial charge in [-0.25, -0.2) is 9.29 Å². The molecule has 0 radical (unpaired) electrons. The molecular formula is C14H15FINO2. The molecule has 0 aromatic heterocycles. The fourth-order valence-electron chi connectivity index (χ4n) is 2.50. The summed E-state index contributed by atoms with van der Waals surface area (Å²) < 4.78 is 13.7. The van der Waals surface area contributed by atoms with Crippen LogP contribution in [-0.2, 0) is 9.59 Å². The van der Waals surface area contributed by atoms with Crippen LogP contribution in [0.5, 0.6) is 0 Å². The fraction of sp³-hybridized carbons (Fsp3) is 0.429. The smallest absolute Gasteiger partial charge is 0.240 e. The molecule has 0 saturated carbocycles. The van der Waals surface area contributed by atoms with Crippen LogP contribution in [0.15, 0.2) is 18.2 Å². The van der Waals surface area contributed by atoms with Gasteiger partial charge in [0.25, 0.3) is 0 Å². The molecule has 0 atom stereocenters. The second kappa shape index (κ2) is 5.19. The summed E-state index contributed by atoms with van der Waals surface area (Å²) in [5.74, 6) is -0.727. The van der Waals surface area contributed by atoms with Gasteiger partial charge >= 0.3 is 0 Å². The van der Waals surface area contributed by atoms with Gasteiger partial charge in [0, 0.05) is 9.99 Å². The van der Waals surface area contributed by atoms with Crippen LogP contribution in [0.1, 0.15) is 33.1 Å². The van der Waals surface area contributed by atoms with E-state index in [1.54, 1.807) is 0 Å². The molecule has 1 saturated heterocycles. The normalized spacial score (nSPS) is 18.2. The van der Waals surface area contributed by atoms with Gasteiger partial charge in [0.1, 0.15) is 5.82 Å². The molecule has 1 fully saturated rings. The monoisotopic (exact) mass is 375 g/mol. The van der Waals surface area contributed by atoms with Gasteiger partial charge in [0.2, 0.25) is 11.8 Å². The van der Waals surface area contributed by atoms with Crippen LogP contribution in [0, 0.1) is 14.8 Å². The maximum atomic E-state index is 13.1. The molecule has 19 heavy (non-hydrogen) atoms. The van der Waals surface area contributed by atoms with Crippen LogP contribution in [0.2, 0.25) is 0 Å². The Morgan fingerprint density at radius 2 is 1.95 bits per heavy atom. The van der Waals surface area contributed by atoms with Crippen molar-refractivity contribution in [2.75, 3.05) is 4.90 Å². The molecule has 0 N–H and O–H groups in total. The molecule has 3 nitrogen and oxygen atoms in total. The minimum Gasteiger partial charge on any atom is -0.274 e. The lowest BCUT2D eigenvalue weighted by Gasteiger charge is -2.24. The average molecular weight is 375 g/mol. The Balaban J connectivity index is 2.46. The second-order valence-corrected chi connectivity index (χ2v) is 5.96. The van der Waals surface area contributed by atoms with Gasteiger partial charge < -0.3 is 0 Å². The summed E-state index contributed by atoms with van der Waals surface area (Å²) in [6, 6.07) is 4.10. The Morgan fingerprint density at radius 1 is 1.32 bits per heavy atom. The second-order valence-electron chi connectivity index (χ2n) is 4.79. The van der Waals surface area contributed by atoms with E-state index in [1.807, 2.05) is 36.4 Å². The summed E-state index contributed by atoms with van der Waals surface area (Å²) in [7, 11) is 0. The van der Waals surface area contributed by atoms with Gasteiger partial charge in [-0.15, -0.1) is 0 Å². The number of halogens is 2. The van der Waals surface area contributed by atoms with E-state index in [1.165, 1.54) is 23.1 Å². The Labute approximate surface area is 125 Å². The number of rotatable bonds is 3. The number of imide groups is 1. The van der Waals surface area contributed by atoms with E-state index in [2.05, 4.69) is 0 Å². The van der Waals surface area contributed by atoms with Crippen molar-refractivity contribution >= 4 is 40.1 Å². The van der Waals surface area contributed by atoms with E-state index in [-0.39, 0.29) is 24.1 Å². The fourth-order valence-corrected chi connectivity index (χ4v) is 3.22. The molecular weight excluding hydrogens is 360 g/mol. The molecule has 0 spiro atoms. The highest BCUT2D eigenvalue weighted by atomic mass is 127. The van der Waals surface area contributed by atoms with Crippen LogP contribution >= 0.6 is 22.6 Å². The third-order valence-electron chi connectivity index (χ3n) is 3.90. The van der Waals surface area contributed by atoms with Crippen molar-refractivity contribution in [1.29, 1.82) is 0 Å². The van der Waals surface area contributed by atoms with Crippen molar-refractivity contribution in [3.05, 3.63) is 27.6 Å². The summed E-state index contributed by atoms with van der Waals surface area (Å²) in [5, 5.41) is 0. The predicted octanol–water partition coefficient (Wildman–Crippen LogP) is 3.50. The summed E-state index contributed by atoms with van der Waals surface area (Å²) in [6.45, 7) is 3.85. The Bertz CT molecular complexity index is 540. The SMILES string of the molecule is CCC1(CC)CC(=O)N(c2ccc(F)cc2I)C1=O. The molecule has 1 aromatic rings. The number of anilines is 1. The predicted molar refractivity (Wildman–Crippen MR) is 79.2 cm³/mol. The summed E-state index contributed by atoms with van der Waals surface area (Å²) in [5.41, 5.74) is -0.102. The van der Waals surface area contributed by atoms with Crippen molar-refractivity contribution in [1.82, 2.24) is 0 Å². The first-order valence-corrected chi connectivity index (χ1v) is 7.35. The van der Waals surface area contributed by atoms with Gasteiger partial charge in [-0.2, -0.15) is 0 Å². The number of hydrogen-bond donors (Lipinski definition) is 0. The number of benzene rings is 1. The van der Waals surface area contributed by atoms with Crippen molar-refractivity contribution in [2.24, 2.45) is 5.41 Å². The van der Waals surface area contributed by atoms with E-state index >= 15 is 0 Å². The zero-order valence-corrected chi connectivity index (χ0v) is 13.0. The molecule has 1 aliphatic rings. The zero-order valence-electron chi connectivity index (χ0n) is 10.9. The highest BCUT2D eigenvalue weighted by Crippen LogP contribution is 2.42. The first-order chi connectivity index (χ1) is 8.95. The standard InChI is InChI=1S/C14H15FINO2/c1-3-14(4-2)8-12(18)17(13(14)19)11-6-5-9(15)7-10(11)16/h5-7H,3-4,8H2,1-2H3. The molecule has 2 amide bonds. The molecule has 2 rings (SSSR count). The lowest BCUT2D eigenvalue weighted by atomic mass is 9.81. The van der Waals surface area contributed by atoms with E-state index < -0.39 is 5.41 Å². The maximum Gasteiger partial charge on any atom is 0.240 e. The molecule has 102 valence electrons. The van der Waals surface area contributed by atoms with E-state index in [4.69, 9.17) is 0 Å². The van der Waals surface area contributed by atoms with Crippen LogP contribution < -0.4 is 4.90 Å². The average Bonchev–Trinajstić information content (AvgIpc) is 2.62. The van der Waals surface area contributed by atoms with Crippen LogP contribution in [0.25, 0.3) is 0 Å². The minimum absolute atomic E-state index is 0.160. The lowest BCUT2D eigenvalue weighted by Crippen LogP contribution is -2.35. The Kier molecular flexibility index (Phi) is 3.94. The van der Waals surface area contributed by atoms with Gasteiger partial charge in [-0.1, -0.05) is 13.8 Å². The van der Waals surface area contributed by atoms with E-state index in [9.17, 15) is 14.0 Å². The van der Waals surface area contributed by atoms with Gasteiger partial charge in [0.15, 0.2) is 0 Å². The van der Waals surface area contributed by atoms with Crippen LogP contribution in [0.4, 0.5) is 10.1 Å². The van der Waals surface area contributed by atoms with Crippen molar-refractivity contribution in [3.63, 3.8) is 0 Å². The number of carbonyl (C=O) groups excluding carboxylic acids is 2. The molecule has 0 unspecified atom stereocenters. The highest BCUT2D eigenvalue weighted by Gasteiger charge is 2.49. The number of hydrogen-bond acceptors (Lipinski definition) is 2. The van der Waals surface area contributed by atoms with E-state index in [0.29, 0.717) is 22.1 Å². The zero-order chi connectivity index (χ0) is 14.2. The summed E-state index contributed by atoms with van der Waals surface area (Å²) in [6.07, 6.45) is 1.52. The third kappa shape index (κ3) is 2.28. The minimum atomic E-state index is -0.589. The maximum absolute atomic E-state index is 13.1. The molecule has 1 heterocycles. The van der Waals surface area contributed by atoms with Gasteiger partial charge in [-0.3, -0.25) is 9.59 Å². The van der Waals surface area contributed by atoms with Crippen LogP contribution in [0.3, 0.4) is 0 Å². The topological polar surface area (TPSA) is 37.4 Å². The summed E-state index contributed by atoms with van der Waals surface area (Å²) >= 11 is 1.95. The largest absolute Gasteiger partial charge is 0.274 e. The third-order valence-corrected chi connectivity index (χ3v) is 4.76. The van der Waals surface area contributed by atoms with Gasteiger partial charge in [0.05, 0.1) is 11.1 Å². The lowest BCUT2D eigenvalue weighted by molar-refractivity contribution is -0.126. The highest BCUT2D eigenvalue weighted by molar-refractivity contribution is 14.1. The first kappa shape index (κ1) is 14.4. The summed E-state index contributed by atoms with van der Waals surface area (Å²) in [4.78, 5) is 25.9. The molecule has 5 heteroatoms. The number of carbonyl (C=O) groups is 2. The first-order valence-electron chi connectivity index (χ1n) is 6.27. The number of amides is 2. The Hall–Kier alpha value is -0.980. The van der Waals surface area contributed by atoms with Crippen LogP contribution in [-0.4, -0.2) is 11.8 Å². The van der Waals surface area contributed by atoms with Crippen molar-refractivity contribution < 1.29 is 14.0 Å². The quantitative estimate of drug-likeness (QED) is 0.599. The molecule has 0 bridgehead atoms. The Morgan fingerprint density at radius 3 is 2.42 bits per heavy atom. The molecule has 1 aromatic carbocycles. The van der Waals surface area contributed by atoms with Gasteiger partial charge in [-0.05, 0) is 53.6 Å². The van der Waals surface area contributed by atoms with Crippen molar-refractivity contribution in [3.8, 4) is 0 Å². The number of nitrogens with zero attached hydrogens (tertiary/aromatic N) is 1. The van der Waals surface area contributed by atoms with E-state index in [0.717, 1.165) is 0 Å². The molecule has 0 aliphatic carbocycles.